The molecule has 0 radical (unpaired) electrons. The van der Waals surface area contributed by atoms with E-state index in [1.54, 1.807) is 0 Å². The van der Waals surface area contributed by atoms with Gasteiger partial charge in [0.1, 0.15) is 28.5 Å². The van der Waals surface area contributed by atoms with E-state index in [1.807, 2.05) is 6.92 Å². The van der Waals surface area contributed by atoms with Gasteiger partial charge in [-0.05, 0) is 61.0 Å². The van der Waals surface area contributed by atoms with Crippen LogP contribution in [0.3, 0.4) is 0 Å². The Labute approximate surface area is 174 Å². The van der Waals surface area contributed by atoms with Crippen LogP contribution in [0.2, 0.25) is 0 Å². The highest BCUT2D eigenvalue weighted by molar-refractivity contribution is 8.01. The highest BCUT2D eigenvalue weighted by Crippen LogP contribution is 2.54. The highest BCUT2D eigenvalue weighted by Gasteiger charge is 2.47. The zero-order valence-electron chi connectivity index (χ0n) is 16.7. The first-order chi connectivity index (χ1) is 14.4. The van der Waals surface area contributed by atoms with Gasteiger partial charge in [-0.25, -0.2) is 0 Å². The molecule has 0 aliphatic rings. The Balaban J connectivity index is 2.04. The molecule has 144 valence electrons. The van der Waals surface area contributed by atoms with Gasteiger partial charge in [-0.1, -0.05) is 66.7 Å². The second kappa shape index (κ2) is 9.18. The van der Waals surface area contributed by atoms with Crippen molar-refractivity contribution >= 4 is 28.5 Å². The zero-order chi connectivity index (χ0) is 19.9. The SMILES string of the molecule is CCOCc1cccc([P+](c2ccccc2)(c2ccccc2)c2ccccc2)c1. The fourth-order valence-electron chi connectivity index (χ4n) is 3.92. The average molecular weight is 397 g/mol. The van der Waals surface area contributed by atoms with Crippen molar-refractivity contribution in [2.45, 2.75) is 13.5 Å². The van der Waals surface area contributed by atoms with Crippen molar-refractivity contribution < 1.29 is 4.74 Å². The Morgan fingerprint density at radius 1 is 0.552 bits per heavy atom. The third kappa shape index (κ3) is 3.90. The Hall–Kier alpha value is -2.73. The largest absolute Gasteiger partial charge is 0.377 e. The van der Waals surface area contributed by atoms with E-state index in [9.17, 15) is 0 Å². The third-order valence-electron chi connectivity index (χ3n) is 5.20. The van der Waals surface area contributed by atoms with Crippen molar-refractivity contribution in [2.75, 3.05) is 6.61 Å². The van der Waals surface area contributed by atoms with Crippen molar-refractivity contribution in [1.29, 1.82) is 0 Å². The van der Waals surface area contributed by atoms with Crippen LogP contribution in [0.25, 0.3) is 0 Å². The summed E-state index contributed by atoms with van der Waals surface area (Å²) in [5, 5.41) is 5.46. The second-order valence-electron chi connectivity index (χ2n) is 6.98. The first kappa shape index (κ1) is 19.6. The topological polar surface area (TPSA) is 9.23 Å². The molecule has 0 saturated carbocycles. The molecule has 0 aliphatic heterocycles. The van der Waals surface area contributed by atoms with Crippen LogP contribution in [0, 0.1) is 0 Å². The maximum Gasteiger partial charge on any atom is 0.144 e. The molecule has 29 heavy (non-hydrogen) atoms. The van der Waals surface area contributed by atoms with E-state index in [-0.39, 0.29) is 0 Å². The summed E-state index contributed by atoms with van der Waals surface area (Å²) in [7, 11) is -2.02. The number of ether oxygens (including phenoxy) is 1. The molecular formula is C27H26OP+. The normalized spacial score (nSPS) is 11.3. The summed E-state index contributed by atoms with van der Waals surface area (Å²) >= 11 is 0. The lowest BCUT2D eigenvalue weighted by atomic mass is 10.2. The molecule has 4 aromatic rings. The molecule has 0 fully saturated rings. The molecule has 0 atom stereocenters. The molecule has 0 spiro atoms. The molecule has 0 saturated heterocycles. The van der Waals surface area contributed by atoms with Crippen LogP contribution >= 0.6 is 7.26 Å². The van der Waals surface area contributed by atoms with Crippen molar-refractivity contribution in [3.8, 4) is 0 Å². The molecule has 0 unspecified atom stereocenters. The van der Waals surface area contributed by atoms with Crippen LogP contribution in [0.1, 0.15) is 12.5 Å². The summed E-state index contributed by atoms with van der Waals surface area (Å²) in [4.78, 5) is 0. The Morgan fingerprint density at radius 2 is 1.00 bits per heavy atom. The van der Waals surface area contributed by atoms with Crippen LogP contribution in [0.4, 0.5) is 0 Å². The quantitative estimate of drug-likeness (QED) is 0.406. The molecule has 0 aromatic heterocycles. The van der Waals surface area contributed by atoms with E-state index in [0.717, 1.165) is 6.61 Å². The number of hydrogen-bond acceptors (Lipinski definition) is 1. The molecule has 0 N–H and O–H groups in total. The van der Waals surface area contributed by atoms with Crippen LogP contribution in [-0.2, 0) is 11.3 Å². The lowest BCUT2D eigenvalue weighted by Crippen LogP contribution is -2.38. The van der Waals surface area contributed by atoms with Gasteiger partial charge < -0.3 is 4.74 Å². The highest BCUT2D eigenvalue weighted by atomic mass is 31.2. The summed E-state index contributed by atoms with van der Waals surface area (Å²) in [5.74, 6) is 0. The minimum absolute atomic E-state index is 0.642. The minimum atomic E-state index is -2.02. The second-order valence-corrected chi connectivity index (χ2v) is 10.4. The number of hydrogen-bond donors (Lipinski definition) is 0. The fraction of sp³-hybridized carbons (Fsp3) is 0.111. The number of benzene rings is 4. The van der Waals surface area contributed by atoms with Gasteiger partial charge in [0.25, 0.3) is 0 Å². The van der Waals surface area contributed by atoms with Gasteiger partial charge in [0.05, 0.1) is 6.61 Å². The maximum atomic E-state index is 5.72. The van der Waals surface area contributed by atoms with Crippen molar-refractivity contribution in [2.24, 2.45) is 0 Å². The van der Waals surface area contributed by atoms with Gasteiger partial charge in [-0.2, -0.15) is 0 Å². The van der Waals surface area contributed by atoms with Gasteiger partial charge in [0.15, 0.2) is 0 Å². The predicted molar refractivity (Wildman–Crippen MR) is 127 cm³/mol. The third-order valence-corrected chi connectivity index (χ3v) is 9.47. The van der Waals surface area contributed by atoms with E-state index >= 15 is 0 Å². The smallest absolute Gasteiger partial charge is 0.144 e. The molecule has 4 rings (SSSR count). The van der Waals surface area contributed by atoms with Crippen LogP contribution in [0.15, 0.2) is 115 Å². The maximum absolute atomic E-state index is 5.72. The monoisotopic (exact) mass is 397 g/mol. The zero-order valence-corrected chi connectivity index (χ0v) is 17.6. The number of rotatable bonds is 7. The lowest BCUT2D eigenvalue weighted by molar-refractivity contribution is 0.134. The average Bonchev–Trinajstić information content (AvgIpc) is 2.81. The Bertz CT molecular complexity index is 933. The van der Waals surface area contributed by atoms with Crippen LogP contribution in [-0.4, -0.2) is 6.61 Å². The molecule has 0 amide bonds. The standard InChI is InChI=1S/C27H26OP/c1-2-28-22-23-13-12-20-27(21-23)29(24-14-6-3-7-15-24,25-16-8-4-9-17-25)26-18-10-5-11-19-26/h3-21H,2,22H2,1H3/q+1. The molecule has 1 nitrogen and oxygen atoms in total. The fourth-order valence-corrected chi connectivity index (χ4v) is 8.24. The summed E-state index contributed by atoms with van der Waals surface area (Å²) in [5.41, 5.74) is 1.22. The van der Waals surface area contributed by atoms with E-state index in [4.69, 9.17) is 4.74 Å². The van der Waals surface area contributed by atoms with Gasteiger partial charge >= 0.3 is 0 Å². The van der Waals surface area contributed by atoms with E-state index < -0.39 is 7.26 Å². The van der Waals surface area contributed by atoms with E-state index in [1.165, 1.54) is 26.8 Å². The predicted octanol–water partition coefficient (Wildman–Crippen LogP) is 4.84. The molecule has 2 heteroatoms. The first-order valence-corrected chi connectivity index (χ1v) is 11.9. The Kier molecular flexibility index (Phi) is 6.20. The molecule has 0 bridgehead atoms. The van der Waals surface area contributed by atoms with Crippen LogP contribution < -0.4 is 21.2 Å². The molecule has 4 aromatic carbocycles. The molecule has 0 aliphatic carbocycles. The van der Waals surface area contributed by atoms with Gasteiger partial charge in [-0.3, -0.25) is 0 Å². The summed E-state index contributed by atoms with van der Waals surface area (Å²) in [6, 6.07) is 41.9. The summed E-state index contributed by atoms with van der Waals surface area (Å²) < 4.78 is 5.72. The lowest BCUT2D eigenvalue weighted by Gasteiger charge is -2.28. The van der Waals surface area contributed by atoms with E-state index in [0.29, 0.717) is 6.61 Å². The Morgan fingerprint density at radius 3 is 1.45 bits per heavy atom. The van der Waals surface area contributed by atoms with Crippen molar-refractivity contribution in [3.63, 3.8) is 0 Å². The molecular weight excluding hydrogens is 371 g/mol. The van der Waals surface area contributed by atoms with Gasteiger partial charge in [0, 0.05) is 6.61 Å². The first-order valence-electron chi connectivity index (χ1n) is 10.1. The summed E-state index contributed by atoms with van der Waals surface area (Å²) in [6.45, 7) is 3.41. The van der Waals surface area contributed by atoms with Crippen molar-refractivity contribution in [3.05, 3.63) is 121 Å². The van der Waals surface area contributed by atoms with Crippen molar-refractivity contribution in [1.82, 2.24) is 0 Å². The molecule has 0 heterocycles. The van der Waals surface area contributed by atoms with E-state index in [2.05, 4.69) is 115 Å². The van der Waals surface area contributed by atoms with Gasteiger partial charge in [-0.15, -0.1) is 0 Å². The minimum Gasteiger partial charge on any atom is -0.377 e. The summed E-state index contributed by atoms with van der Waals surface area (Å²) in [6.07, 6.45) is 0. The van der Waals surface area contributed by atoms with Gasteiger partial charge in [0.2, 0.25) is 0 Å². The van der Waals surface area contributed by atoms with Crippen LogP contribution in [0.5, 0.6) is 0 Å².